The second-order valence-corrected chi connectivity index (χ2v) is 2.39. The Labute approximate surface area is 68.6 Å². The predicted molar refractivity (Wildman–Crippen MR) is 39.7 cm³/mol. The van der Waals surface area contributed by atoms with Crippen molar-refractivity contribution >= 4 is 0 Å². The van der Waals surface area contributed by atoms with Crippen LogP contribution in [0.3, 0.4) is 0 Å². The summed E-state index contributed by atoms with van der Waals surface area (Å²) in [6.45, 7) is 1.60. The molecule has 0 aliphatic heterocycles. The van der Waals surface area contributed by atoms with Crippen LogP contribution in [0, 0.1) is 6.92 Å². The number of rotatable bonds is 2. The van der Waals surface area contributed by atoms with Crippen LogP contribution in [0.4, 0.5) is 8.78 Å². The summed E-state index contributed by atoms with van der Waals surface area (Å²) >= 11 is 0. The Morgan fingerprint density at radius 3 is 2.42 bits per heavy atom. The zero-order valence-corrected chi connectivity index (χ0v) is 6.54. The summed E-state index contributed by atoms with van der Waals surface area (Å²) in [5, 5.41) is 0. The van der Waals surface area contributed by atoms with Crippen LogP contribution in [0.25, 0.3) is 0 Å². The third-order valence-corrected chi connectivity index (χ3v) is 1.51. The van der Waals surface area contributed by atoms with Crippen molar-refractivity contribution in [2.24, 2.45) is 5.73 Å². The second-order valence-electron chi connectivity index (χ2n) is 2.39. The topological polar surface area (TPSA) is 51.8 Å². The van der Waals surface area contributed by atoms with Gasteiger partial charge in [0.05, 0.1) is 11.4 Å². The molecule has 0 spiro atoms. The first kappa shape index (κ1) is 8.99. The molecule has 12 heavy (non-hydrogen) atoms. The van der Waals surface area contributed by atoms with Crippen LogP contribution >= 0.6 is 0 Å². The molecular formula is C7H9F2N3. The van der Waals surface area contributed by atoms with E-state index in [1.165, 1.54) is 12.4 Å². The highest BCUT2D eigenvalue weighted by atomic mass is 19.3. The maximum absolute atomic E-state index is 12.1. The van der Waals surface area contributed by atoms with Gasteiger partial charge in [-0.15, -0.1) is 0 Å². The first-order chi connectivity index (χ1) is 5.63. The fraction of sp³-hybridized carbons (Fsp3) is 0.429. The lowest BCUT2D eigenvalue weighted by Gasteiger charge is -2.10. The molecule has 0 radical (unpaired) electrons. The van der Waals surface area contributed by atoms with E-state index in [2.05, 4.69) is 9.97 Å². The average molecular weight is 173 g/mol. The molecule has 1 unspecified atom stereocenters. The van der Waals surface area contributed by atoms with Crippen molar-refractivity contribution < 1.29 is 8.78 Å². The zero-order chi connectivity index (χ0) is 9.14. The smallest absolute Gasteiger partial charge is 0.259 e. The third-order valence-electron chi connectivity index (χ3n) is 1.51. The molecule has 1 aromatic heterocycles. The highest BCUT2D eigenvalue weighted by Gasteiger charge is 2.20. The molecule has 2 N–H and O–H groups in total. The summed E-state index contributed by atoms with van der Waals surface area (Å²) in [6, 6.07) is -1.33. The maximum atomic E-state index is 12.1. The molecule has 1 aromatic rings. The first-order valence-corrected chi connectivity index (χ1v) is 3.44. The number of hydrogen-bond acceptors (Lipinski definition) is 3. The minimum absolute atomic E-state index is 0.160. The fourth-order valence-corrected chi connectivity index (χ4v) is 0.865. The SMILES string of the molecule is Cc1nccnc1C(N)C(F)F. The Hall–Kier alpha value is -1.10. The predicted octanol–water partition coefficient (Wildman–Crippen LogP) is 1.05. The van der Waals surface area contributed by atoms with Crippen molar-refractivity contribution in [1.29, 1.82) is 0 Å². The summed E-state index contributed by atoms with van der Waals surface area (Å²) < 4.78 is 24.2. The number of hydrogen-bond donors (Lipinski definition) is 1. The van der Waals surface area contributed by atoms with E-state index in [0.717, 1.165) is 0 Å². The third kappa shape index (κ3) is 1.73. The Kier molecular flexibility index (Phi) is 2.65. The quantitative estimate of drug-likeness (QED) is 0.727. The molecule has 66 valence electrons. The van der Waals surface area contributed by atoms with E-state index in [1.807, 2.05) is 0 Å². The van der Waals surface area contributed by atoms with E-state index in [-0.39, 0.29) is 5.69 Å². The number of nitrogens with zero attached hydrogens (tertiary/aromatic N) is 2. The molecule has 0 aromatic carbocycles. The minimum Gasteiger partial charge on any atom is -0.318 e. The van der Waals surface area contributed by atoms with E-state index in [1.54, 1.807) is 6.92 Å². The molecule has 0 saturated carbocycles. The van der Waals surface area contributed by atoms with E-state index in [0.29, 0.717) is 5.69 Å². The van der Waals surface area contributed by atoms with Gasteiger partial charge < -0.3 is 5.73 Å². The van der Waals surface area contributed by atoms with Gasteiger partial charge in [-0.25, -0.2) is 8.78 Å². The lowest BCUT2D eigenvalue weighted by molar-refractivity contribution is 0.114. The van der Waals surface area contributed by atoms with Crippen LogP contribution < -0.4 is 5.73 Å². The maximum Gasteiger partial charge on any atom is 0.259 e. The van der Waals surface area contributed by atoms with Gasteiger partial charge in [-0.3, -0.25) is 9.97 Å². The van der Waals surface area contributed by atoms with E-state index in [4.69, 9.17) is 5.73 Å². The highest BCUT2D eigenvalue weighted by molar-refractivity contribution is 5.13. The molecular weight excluding hydrogens is 164 g/mol. The molecule has 3 nitrogen and oxygen atoms in total. The molecule has 0 bridgehead atoms. The highest BCUT2D eigenvalue weighted by Crippen LogP contribution is 2.16. The van der Waals surface area contributed by atoms with Crippen LogP contribution in [-0.4, -0.2) is 16.4 Å². The summed E-state index contributed by atoms with van der Waals surface area (Å²) in [5.74, 6) is 0. The van der Waals surface area contributed by atoms with Crippen LogP contribution in [0.2, 0.25) is 0 Å². The number of aromatic nitrogens is 2. The van der Waals surface area contributed by atoms with Crippen LogP contribution in [-0.2, 0) is 0 Å². The number of alkyl halides is 2. The van der Waals surface area contributed by atoms with Crippen molar-refractivity contribution in [1.82, 2.24) is 9.97 Å². The van der Waals surface area contributed by atoms with Crippen molar-refractivity contribution in [3.8, 4) is 0 Å². The fourth-order valence-electron chi connectivity index (χ4n) is 0.865. The molecule has 0 aliphatic rings. The van der Waals surface area contributed by atoms with Crippen molar-refractivity contribution in [3.05, 3.63) is 23.8 Å². The van der Waals surface area contributed by atoms with Gasteiger partial charge in [0.15, 0.2) is 0 Å². The molecule has 1 atom stereocenters. The van der Waals surface area contributed by atoms with Gasteiger partial charge in [0.25, 0.3) is 6.43 Å². The number of nitrogens with two attached hydrogens (primary N) is 1. The van der Waals surface area contributed by atoms with Crippen molar-refractivity contribution in [2.45, 2.75) is 19.4 Å². The Morgan fingerprint density at radius 1 is 1.33 bits per heavy atom. The number of halogens is 2. The van der Waals surface area contributed by atoms with Gasteiger partial charge in [-0.1, -0.05) is 0 Å². The van der Waals surface area contributed by atoms with Crippen LogP contribution in [0.15, 0.2) is 12.4 Å². The molecule has 1 heterocycles. The molecule has 5 heteroatoms. The van der Waals surface area contributed by atoms with Crippen LogP contribution in [0.5, 0.6) is 0 Å². The minimum atomic E-state index is -2.60. The van der Waals surface area contributed by atoms with Gasteiger partial charge in [0.2, 0.25) is 0 Å². The summed E-state index contributed by atoms with van der Waals surface area (Å²) in [7, 11) is 0. The number of aryl methyl sites for hydroxylation is 1. The molecule has 0 amide bonds. The van der Waals surface area contributed by atoms with E-state index < -0.39 is 12.5 Å². The normalized spacial score (nSPS) is 13.4. The molecule has 0 fully saturated rings. The second kappa shape index (κ2) is 3.53. The van der Waals surface area contributed by atoms with Gasteiger partial charge in [-0.05, 0) is 6.92 Å². The summed E-state index contributed by atoms with van der Waals surface area (Å²) in [6.07, 6.45) is 0.196. The molecule has 1 rings (SSSR count). The zero-order valence-electron chi connectivity index (χ0n) is 6.54. The monoisotopic (exact) mass is 173 g/mol. The Morgan fingerprint density at radius 2 is 1.92 bits per heavy atom. The van der Waals surface area contributed by atoms with Gasteiger partial charge >= 0.3 is 0 Å². The standard InChI is InChI=1S/C7H9F2N3/c1-4-6(5(10)7(8)9)12-3-2-11-4/h2-3,5,7H,10H2,1H3. The average Bonchev–Trinajstić information content (AvgIpc) is 2.04. The lowest BCUT2D eigenvalue weighted by Crippen LogP contribution is -2.21. The Bertz CT molecular complexity index is 265. The van der Waals surface area contributed by atoms with Crippen LogP contribution in [0.1, 0.15) is 17.4 Å². The van der Waals surface area contributed by atoms with Gasteiger partial charge in [0.1, 0.15) is 6.04 Å². The lowest BCUT2D eigenvalue weighted by atomic mass is 10.2. The van der Waals surface area contributed by atoms with Crippen molar-refractivity contribution in [2.75, 3.05) is 0 Å². The largest absolute Gasteiger partial charge is 0.318 e. The van der Waals surface area contributed by atoms with Gasteiger partial charge in [-0.2, -0.15) is 0 Å². The van der Waals surface area contributed by atoms with Crippen molar-refractivity contribution in [3.63, 3.8) is 0 Å². The van der Waals surface area contributed by atoms with Gasteiger partial charge in [0, 0.05) is 12.4 Å². The van der Waals surface area contributed by atoms with E-state index >= 15 is 0 Å². The summed E-state index contributed by atoms with van der Waals surface area (Å²) in [4.78, 5) is 7.54. The molecule has 0 saturated heterocycles. The summed E-state index contributed by atoms with van der Waals surface area (Å²) in [5.41, 5.74) is 5.80. The molecule has 0 aliphatic carbocycles. The first-order valence-electron chi connectivity index (χ1n) is 3.44. The van der Waals surface area contributed by atoms with E-state index in [9.17, 15) is 8.78 Å². The Balaban J connectivity index is 2.94.